The van der Waals surface area contributed by atoms with E-state index < -0.39 is 5.72 Å². The molecule has 4 nitrogen and oxygen atoms in total. The number of ether oxygens (including phenoxy) is 2. The van der Waals surface area contributed by atoms with Crippen LogP contribution in [-0.2, 0) is 4.74 Å². The van der Waals surface area contributed by atoms with Gasteiger partial charge in [0.15, 0.2) is 11.4 Å². The molecule has 3 atom stereocenters. The van der Waals surface area contributed by atoms with Crippen LogP contribution in [0.2, 0.25) is 0 Å². The van der Waals surface area contributed by atoms with Gasteiger partial charge in [-0.15, -0.1) is 0 Å². The Morgan fingerprint density at radius 3 is 2.84 bits per heavy atom. The Morgan fingerprint density at radius 2 is 2.04 bits per heavy atom. The summed E-state index contributed by atoms with van der Waals surface area (Å²) in [4.78, 5) is 2.38. The highest BCUT2D eigenvalue weighted by Crippen LogP contribution is 2.35. The fourth-order valence-corrected chi connectivity index (χ4v) is 3.67. The third kappa shape index (κ3) is 3.87. The van der Waals surface area contributed by atoms with Gasteiger partial charge in [-0.3, -0.25) is 4.90 Å². The molecule has 4 heteroatoms. The molecule has 0 spiro atoms. The predicted octanol–water partition coefficient (Wildman–Crippen LogP) is 2.77. The van der Waals surface area contributed by atoms with Crippen LogP contribution in [0.25, 0.3) is 0 Å². The van der Waals surface area contributed by atoms with Crippen molar-refractivity contribution in [2.24, 2.45) is 0 Å². The first kappa shape index (κ1) is 17.9. The lowest BCUT2D eigenvalue weighted by atomic mass is 10.0. The summed E-state index contributed by atoms with van der Waals surface area (Å²) < 4.78 is 12.3. The summed E-state index contributed by atoms with van der Waals surface area (Å²) in [5, 5.41) is 2.18. The van der Waals surface area contributed by atoms with Gasteiger partial charge in [0.25, 0.3) is 0 Å². The van der Waals surface area contributed by atoms with Gasteiger partial charge in [-0.1, -0.05) is 43.4 Å². The fourth-order valence-electron chi connectivity index (χ4n) is 3.67. The molecular weight excluding hydrogens is 312 g/mol. The quantitative estimate of drug-likeness (QED) is 0.612. The van der Waals surface area contributed by atoms with E-state index >= 15 is 0 Å². The van der Waals surface area contributed by atoms with E-state index in [-0.39, 0.29) is 6.10 Å². The molecule has 1 heterocycles. The fraction of sp³-hybridized carbons (Fsp3) is 0.429. The summed E-state index contributed by atoms with van der Waals surface area (Å²) in [6, 6.07) is 8.47. The van der Waals surface area contributed by atoms with Crippen LogP contribution in [0.4, 0.5) is 5.69 Å². The molecule has 25 heavy (non-hydrogen) atoms. The maximum atomic E-state index is 6.31. The number of nitrogens with zero attached hydrogens (tertiary/aromatic N) is 1. The van der Waals surface area contributed by atoms with Gasteiger partial charge < -0.3 is 14.8 Å². The number of hydrogen-bond acceptors (Lipinski definition) is 3. The molecule has 1 aliphatic heterocycles. The third-order valence-corrected chi connectivity index (χ3v) is 4.81. The maximum absolute atomic E-state index is 6.31. The minimum atomic E-state index is -0.401. The van der Waals surface area contributed by atoms with Crippen molar-refractivity contribution in [1.82, 2.24) is 4.90 Å². The molecular formula is C21H29N2O2+. The van der Waals surface area contributed by atoms with Crippen LogP contribution in [0, 0.1) is 0 Å². The van der Waals surface area contributed by atoms with Crippen molar-refractivity contribution in [2.45, 2.75) is 38.6 Å². The van der Waals surface area contributed by atoms with Crippen molar-refractivity contribution in [1.29, 1.82) is 0 Å². The van der Waals surface area contributed by atoms with Crippen LogP contribution >= 0.6 is 0 Å². The molecule has 0 aromatic heterocycles. The highest BCUT2D eigenvalue weighted by molar-refractivity contribution is 5.44. The molecule has 1 saturated heterocycles. The van der Waals surface area contributed by atoms with Crippen LogP contribution in [0.3, 0.4) is 0 Å². The minimum absolute atomic E-state index is 0.125. The Hall–Kier alpha value is -1.88. The highest BCUT2D eigenvalue weighted by Gasteiger charge is 2.46. The zero-order chi connectivity index (χ0) is 17.7. The summed E-state index contributed by atoms with van der Waals surface area (Å²) in [5.74, 6) is 0.929. The topological polar surface area (TPSA) is 38.3 Å². The van der Waals surface area contributed by atoms with E-state index in [1.165, 1.54) is 0 Å². The van der Waals surface area contributed by atoms with Crippen molar-refractivity contribution < 1.29 is 14.8 Å². The van der Waals surface area contributed by atoms with Crippen molar-refractivity contribution in [2.75, 3.05) is 19.7 Å². The maximum Gasteiger partial charge on any atom is 0.180 e. The molecule has 0 bridgehead atoms. The van der Waals surface area contributed by atoms with Gasteiger partial charge in [0.1, 0.15) is 12.3 Å². The van der Waals surface area contributed by atoms with Crippen LogP contribution in [0.5, 0.6) is 5.75 Å². The lowest BCUT2D eigenvalue weighted by molar-refractivity contribution is -0.568. The first-order valence-corrected chi connectivity index (χ1v) is 9.20. The second-order valence-corrected chi connectivity index (χ2v) is 6.55. The molecule has 1 aromatic carbocycles. The second kappa shape index (κ2) is 8.00. The number of fused-ring (bicyclic) bond motifs is 1. The Balaban J connectivity index is 1.64. The van der Waals surface area contributed by atoms with Gasteiger partial charge in [0.05, 0.1) is 18.7 Å². The summed E-state index contributed by atoms with van der Waals surface area (Å²) in [6.45, 7) is 8.92. The number of hydrogen-bond donors (Lipinski definition) is 1. The number of benzene rings is 1. The van der Waals surface area contributed by atoms with Gasteiger partial charge >= 0.3 is 0 Å². The monoisotopic (exact) mass is 341 g/mol. The van der Waals surface area contributed by atoms with E-state index in [4.69, 9.17) is 9.47 Å². The van der Waals surface area contributed by atoms with Gasteiger partial charge in [0.2, 0.25) is 0 Å². The number of rotatable bonds is 7. The first-order chi connectivity index (χ1) is 12.2. The van der Waals surface area contributed by atoms with E-state index in [9.17, 15) is 0 Å². The van der Waals surface area contributed by atoms with Crippen molar-refractivity contribution >= 4 is 5.69 Å². The lowest BCUT2D eigenvalue weighted by Gasteiger charge is -2.32. The lowest BCUT2D eigenvalue weighted by Crippen LogP contribution is -2.77. The van der Waals surface area contributed by atoms with Crippen LogP contribution in [0.15, 0.2) is 60.7 Å². The zero-order valence-corrected chi connectivity index (χ0v) is 15.4. The average molecular weight is 341 g/mol. The first-order valence-electron chi connectivity index (χ1n) is 9.20. The van der Waals surface area contributed by atoms with Gasteiger partial charge in [-0.2, -0.15) is 0 Å². The van der Waals surface area contributed by atoms with Crippen molar-refractivity contribution in [3.05, 3.63) is 60.7 Å². The molecule has 0 radical (unpaired) electrons. The summed E-state index contributed by atoms with van der Waals surface area (Å²) in [6.07, 6.45) is 12.8. The van der Waals surface area contributed by atoms with E-state index in [1.54, 1.807) is 0 Å². The average Bonchev–Trinajstić information content (AvgIpc) is 2.91. The van der Waals surface area contributed by atoms with Crippen molar-refractivity contribution in [3.8, 4) is 5.75 Å². The number of quaternary nitrogens is 1. The molecule has 0 amide bonds. The van der Waals surface area contributed by atoms with E-state index in [0.29, 0.717) is 12.6 Å². The standard InChI is InChI=1S/C21H28N2O2/c1-4-22-17-11-6-8-13-19(17)24-16-10-15-21(3)23(5-2)18-12-7-9-14-20(18)25-21/h6-15,18,20,22H,4-5,16H2,1-3H3/p+1. The predicted molar refractivity (Wildman–Crippen MR) is 101 cm³/mol. The molecule has 3 rings (SSSR count). The minimum Gasteiger partial charge on any atom is -0.483 e. The smallest absolute Gasteiger partial charge is 0.180 e. The van der Waals surface area contributed by atoms with E-state index in [1.807, 2.05) is 18.2 Å². The second-order valence-electron chi connectivity index (χ2n) is 6.55. The zero-order valence-electron chi connectivity index (χ0n) is 15.4. The van der Waals surface area contributed by atoms with Gasteiger partial charge in [-0.05, 0) is 38.6 Å². The number of para-hydroxylation sites is 2. The Bertz CT molecular complexity index is 668. The Labute approximate surface area is 150 Å². The number of allylic oxidation sites excluding steroid dienone is 2. The Kier molecular flexibility index (Phi) is 5.74. The van der Waals surface area contributed by atoms with Crippen LogP contribution < -0.4 is 10.1 Å². The Morgan fingerprint density at radius 1 is 1.24 bits per heavy atom. The molecule has 1 aliphatic carbocycles. The highest BCUT2D eigenvalue weighted by atomic mass is 16.5. The van der Waals surface area contributed by atoms with Crippen LogP contribution in [0.1, 0.15) is 20.8 Å². The molecule has 3 unspecified atom stereocenters. The summed E-state index contributed by atoms with van der Waals surface area (Å²) in [7, 11) is 0. The third-order valence-electron chi connectivity index (χ3n) is 4.81. The van der Waals surface area contributed by atoms with Gasteiger partial charge in [0, 0.05) is 6.07 Å². The number of nitrogens with two attached hydrogens (primary N) is 1. The number of likely N-dealkylation sites (N-methyl/N-ethyl adjacent to an activating group) is 1. The molecule has 1 fully saturated rings. The molecule has 1 aromatic rings. The van der Waals surface area contributed by atoms with E-state index in [2.05, 4.69) is 73.5 Å². The summed E-state index contributed by atoms with van der Waals surface area (Å²) in [5.41, 5.74) is 0.750. The van der Waals surface area contributed by atoms with Crippen molar-refractivity contribution in [3.63, 3.8) is 0 Å². The molecule has 134 valence electrons. The molecule has 2 N–H and O–H groups in total. The summed E-state index contributed by atoms with van der Waals surface area (Å²) >= 11 is 0. The molecule has 2 aliphatic rings. The van der Waals surface area contributed by atoms with E-state index in [0.717, 1.165) is 24.5 Å². The van der Waals surface area contributed by atoms with Gasteiger partial charge in [-0.25, -0.2) is 0 Å². The largest absolute Gasteiger partial charge is 0.483 e. The molecule has 0 saturated carbocycles. The van der Waals surface area contributed by atoms with Crippen LogP contribution in [-0.4, -0.2) is 42.5 Å². The SMILES string of the molecule is CC[NH2+]c1ccccc1OCC=CC1(C)OC2C=CC=CC2N1CC. The normalized spacial score (nSPS) is 28.6.